The zero-order chi connectivity index (χ0) is 31.7. The zero-order valence-corrected chi connectivity index (χ0v) is 23.3. The molecule has 43 heavy (non-hydrogen) atoms. The average Bonchev–Trinajstić information content (AvgIpc) is 3.31. The fraction of sp³-hybridized carbons (Fsp3) is 0.381. The first-order chi connectivity index (χ1) is 20.1. The molecule has 1 aliphatic carbocycles. The second-order valence-electron chi connectivity index (χ2n) is 9.30. The number of carboxylic acid groups (broad SMARTS) is 1. The first kappa shape index (κ1) is 31.0. The van der Waals surface area contributed by atoms with E-state index in [0.717, 1.165) is 23.5 Å². The maximum atomic E-state index is 13.2. The van der Waals surface area contributed by atoms with E-state index in [9.17, 15) is 52.4 Å². The predicted molar refractivity (Wildman–Crippen MR) is 142 cm³/mol. The Labute approximate surface area is 244 Å². The molecule has 0 bridgehead atoms. The number of urea groups is 1. The van der Waals surface area contributed by atoms with Gasteiger partial charge in [0.15, 0.2) is 10.8 Å². The fourth-order valence-electron chi connectivity index (χ4n) is 4.11. The normalized spacial score (nSPS) is 19.5. The van der Waals surface area contributed by atoms with E-state index in [-0.39, 0.29) is 38.4 Å². The van der Waals surface area contributed by atoms with E-state index in [1.165, 1.54) is 5.38 Å². The molecule has 0 unspecified atom stereocenters. The number of aromatic nitrogens is 2. The van der Waals surface area contributed by atoms with Crippen LogP contribution in [-0.2, 0) is 36.1 Å². The number of amides is 4. The number of nitrogens with one attached hydrogen (secondary N) is 3. The number of pyridine rings is 1. The summed E-state index contributed by atoms with van der Waals surface area (Å²) in [5.74, 6) is -4.21. The molecule has 232 valence electrons. The molecular formula is C21H24N8O12S2. The zero-order valence-electron chi connectivity index (χ0n) is 21.7. The monoisotopic (exact) mass is 644 g/mol. The van der Waals surface area contributed by atoms with Crippen LogP contribution in [0.4, 0.5) is 9.93 Å². The highest BCUT2D eigenvalue weighted by molar-refractivity contribution is 7.84. The highest BCUT2D eigenvalue weighted by atomic mass is 32.2. The van der Waals surface area contributed by atoms with E-state index in [4.69, 9.17) is 10.6 Å². The second kappa shape index (κ2) is 11.7. The maximum absolute atomic E-state index is 13.2. The minimum absolute atomic E-state index is 0.0147. The van der Waals surface area contributed by atoms with Crippen LogP contribution in [0.1, 0.15) is 30.7 Å². The van der Waals surface area contributed by atoms with Gasteiger partial charge in [-0.05, 0) is 6.42 Å². The SMILES string of the molecule is Nc1nc(/C(=N/OC2(C(=O)O)CCC2)C(=O)N[C@@H]2C(=O)N(S(=O)(=O)O)[C@@H]2CNC(=O)NCc2cc(O)cc(=O)n2O)cs1. The summed E-state index contributed by atoms with van der Waals surface area (Å²) in [7, 11) is -5.14. The molecule has 3 heterocycles. The van der Waals surface area contributed by atoms with Crippen molar-refractivity contribution in [1.82, 2.24) is 30.0 Å². The van der Waals surface area contributed by atoms with E-state index in [2.05, 4.69) is 26.1 Å². The van der Waals surface area contributed by atoms with Crippen molar-refractivity contribution in [1.29, 1.82) is 0 Å². The number of nitrogens with zero attached hydrogens (tertiary/aromatic N) is 4. The molecule has 0 radical (unpaired) electrons. The summed E-state index contributed by atoms with van der Waals surface area (Å²) in [5.41, 5.74) is 2.04. The van der Waals surface area contributed by atoms with E-state index in [0.29, 0.717) is 6.42 Å². The fourth-order valence-corrected chi connectivity index (χ4v) is 5.53. The largest absolute Gasteiger partial charge is 0.508 e. The molecule has 2 aromatic rings. The van der Waals surface area contributed by atoms with Crippen molar-refractivity contribution in [3.8, 4) is 5.75 Å². The third kappa shape index (κ3) is 6.44. The van der Waals surface area contributed by atoms with Crippen LogP contribution in [0.25, 0.3) is 0 Å². The summed E-state index contributed by atoms with van der Waals surface area (Å²) in [6.45, 7) is -1.13. The Bertz CT molecular complexity index is 1670. The van der Waals surface area contributed by atoms with Gasteiger partial charge in [-0.2, -0.15) is 13.1 Å². The molecule has 4 rings (SSSR count). The van der Waals surface area contributed by atoms with Crippen LogP contribution in [0.2, 0.25) is 0 Å². The minimum Gasteiger partial charge on any atom is -0.508 e. The molecule has 20 nitrogen and oxygen atoms in total. The molecule has 0 spiro atoms. The van der Waals surface area contributed by atoms with Gasteiger partial charge in [0.25, 0.3) is 17.4 Å². The van der Waals surface area contributed by atoms with Gasteiger partial charge in [-0.1, -0.05) is 5.16 Å². The predicted octanol–water partition coefficient (Wildman–Crippen LogP) is -2.44. The Hall–Kier alpha value is -4.96. The number of carbonyl (C=O) groups is 4. The topological polar surface area (TPSA) is 305 Å². The Morgan fingerprint density at radius 3 is 2.49 bits per heavy atom. The molecule has 2 aliphatic rings. The molecule has 4 amide bonds. The van der Waals surface area contributed by atoms with Crippen LogP contribution < -0.4 is 27.2 Å². The first-order valence-corrected chi connectivity index (χ1v) is 14.4. The van der Waals surface area contributed by atoms with Gasteiger partial charge in [-0.3, -0.25) is 18.9 Å². The van der Waals surface area contributed by atoms with Gasteiger partial charge in [-0.15, -0.1) is 11.3 Å². The van der Waals surface area contributed by atoms with E-state index >= 15 is 0 Å². The number of oxime groups is 1. The number of nitrogen functional groups attached to an aromatic ring is 1. The lowest BCUT2D eigenvalue weighted by Gasteiger charge is -2.44. The number of carbonyl (C=O) groups excluding carboxylic acids is 3. The standard InChI is InChI=1S/C21H24N8O12S2/c22-19-25-11(8-42-19)14(27-41-21(18(34)35)2-1-3-21)16(32)26-15-12(29(17(15)33)43(38,39)40)7-24-20(36)23-6-9-4-10(30)5-13(31)28(9)37/h4-5,8,12,15,30,37H,1-3,6-7H2,(H2,22,25)(H,26,32)(H,34,35)(H2,23,24,36)(H,38,39,40)/b27-14-/t12-,15+/m1/s1. The molecule has 2 atom stereocenters. The summed E-state index contributed by atoms with van der Waals surface area (Å²) in [5, 5.41) is 40.4. The van der Waals surface area contributed by atoms with E-state index in [1.54, 1.807) is 0 Å². The number of rotatable bonds is 11. The Balaban J connectivity index is 1.48. The van der Waals surface area contributed by atoms with Gasteiger partial charge in [0.1, 0.15) is 17.5 Å². The van der Waals surface area contributed by atoms with Crippen LogP contribution in [-0.4, -0.2) is 96.2 Å². The number of hydrogen-bond donors (Lipinski definition) is 8. The van der Waals surface area contributed by atoms with Gasteiger partial charge in [0.05, 0.1) is 18.3 Å². The number of aromatic hydroxyl groups is 1. The van der Waals surface area contributed by atoms with Gasteiger partial charge in [0, 0.05) is 36.9 Å². The summed E-state index contributed by atoms with van der Waals surface area (Å²) >= 11 is 0.913. The number of aliphatic carboxylic acids is 1. The minimum atomic E-state index is -5.14. The van der Waals surface area contributed by atoms with Crippen molar-refractivity contribution in [2.24, 2.45) is 5.16 Å². The van der Waals surface area contributed by atoms with E-state index in [1.807, 2.05) is 0 Å². The van der Waals surface area contributed by atoms with Crippen molar-refractivity contribution in [3.63, 3.8) is 0 Å². The molecule has 2 fully saturated rings. The van der Waals surface area contributed by atoms with Gasteiger partial charge >= 0.3 is 22.3 Å². The third-order valence-corrected chi connectivity index (χ3v) is 8.14. The second-order valence-corrected chi connectivity index (χ2v) is 11.5. The van der Waals surface area contributed by atoms with Gasteiger partial charge < -0.3 is 41.9 Å². The molecule has 0 aromatic carbocycles. The molecule has 1 saturated carbocycles. The molecular weight excluding hydrogens is 620 g/mol. The van der Waals surface area contributed by atoms with Crippen molar-refractivity contribution in [2.75, 3.05) is 12.3 Å². The van der Waals surface area contributed by atoms with Gasteiger partial charge in [0.2, 0.25) is 5.60 Å². The lowest BCUT2D eigenvalue weighted by Crippen LogP contribution is -2.74. The van der Waals surface area contributed by atoms with Crippen LogP contribution in [0.3, 0.4) is 0 Å². The molecule has 9 N–H and O–H groups in total. The van der Waals surface area contributed by atoms with Gasteiger partial charge in [-0.25, -0.2) is 18.9 Å². The summed E-state index contributed by atoms with van der Waals surface area (Å²) < 4.78 is 33.3. The van der Waals surface area contributed by atoms with Crippen LogP contribution in [0, 0.1) is 0 Å². The lowest BCUT2D eigenvalue weighted by molar-refractivity contribution is -0.178. The summed E-state index contributed by atoms with van der Waals surface area (Å²) in [6, 6.07) is -2.47. The van der Waals surface area contributed by atoms with Crippen LogP contribution in [0.15, 0.2) is 27.5 Å². The van der Waals surface area contributed by atoms with Crippen molar-refractivity contribution >= 4 is 56.3 Å². The average molecular weight is 645 g/mol. The van der Waals surface area contributed by atoms with Crippen molar-refractivity contribution in [3.05, 3.63) is 39.3 Å². The summed E-state index contributed by atoms with van der Waals surface area (Å²) in [4.78, 5) is 70.4. The first-order valence-electron chi connectivity index (χ1n) is 12.1. The van der Waals surface area contributed by atoms with E-state index < -0.39 is 81.9 Å². The molecule has 22 heteroatoms. The Kier molecular flexibility index (Phi) is 8.45. The van der Waals surface area contributed by atoms with Crippen LogP contribution >= 0.6 is 11.3 Å². The Morgan fingerprint density at radius 2 is 1.93 bits per heavy atom. The maximum Gasteiger partial charge on any atom is 0.362 e. The quantitative estimate of drug-likeness (QED) is 0.0414. The number of carboxylic acids is 1. The Morgan fingerprint density at radius 1 is 1.23 bits per heavy atom. The highest BCUT2D eigenvalue weighted by Crippen LogP contribution is 2.36. The molecule has 1 aliphatic heterocycles. The molecule has 2 aromatic heterocycles. The van der Waals surface area contributed by atoms with Crippen molar-refractivity contribution < 1.29 is 52.4 Å². The van der Waals surface area contributed by atoms with Crippen molar-refractivity contribution in [2.45, 2.75) is 43.5 Å². The summed E-state index contributed by atoms with van der Waals surface area (Å²) in [6.07, 6.45) is 0.759. The number of thiazole rings is 1. The lowest BCUT2D eigenvalue weighted by atomic mass is 9.80. The molecule has 1 saturated heterocycles. The number of nitrogens with two attached hydrogens (primary N) is 1. The number of anilines is 1. The number of β-lactam (4-membered cyclic amide) rings is 1. The van der Waals surface area contributed by atoms with Crippen LogP contribution in [0.5, 0.6) is 5.75 Å². The number of hydrogen-bond acceptors (Lipinski definition) is 14. The smallest absolute Gasteiger partial charge is 0.362 e. The highest BCUT2D eigenvalue weighted by Gasteiger charge is 2.54. The third-order valence-electron chi connectivity index (χ3n) is 6.52.